The van der Waals surface area contributed by atoms with Crippen LogP contribution in [0, 0.1) is 0 Å². The van der Waals surface area contributed by atoms with E-state index in [1.165, 1.54) is 4.88 Å². The normalized spacial score (nSPS) is 13.8. The van der Waals surface area contributed by atoms with Crippen molar-refractivity contribution >= 4 is 11.3 Å². The van der Waals surface area contributed by atoms with Crippen molar-refractivity contribution in [3.63, 3.8) is 0 Å². The van der Waals surface area contributed by atoms with Crippen LogP contribution in [0.1, 0.15) is 24.8 Å². The van der Waals surface area contributed by atoms with Crippen LogP contribution >= 0.6 is 11.3 Å². The van der Waals surface area contributed by atoms with Gasteiger partial charge in [0.1, 0.15) is 0 Å². The largest absolute Gasteiger partial charge is 0.306 e. The minimum absolute atomic E-state index is 0.473. The fourth-order valence-corrected chi connectivity index (χ4v) is 1.76. The molecule has 2 heteroatoms. The summed E-state index contributed by atoms with van der Waals surface area (Å²) in [7, 11) is 0. The molecule has 0 fully saturated rings. The number of hydrogen-bond donors (Lipinski definition) is 1. The Morgan fingerprint density at radius 1 is 1.67 bits per heavy atom. The smallest absolute Gasteiger partial charge is 0.0388 e. The van der Waals surface area contributed by atoms with Gasteiger partial charge in [0.25, 0.3) is 0 Å². The van der Waals surface area contributed by atoms with Gasteiger partial charge >= 0.3 is 0 Å². The lowest BCUT2D eigenvalue weighted by atomic mass is 10.3. The van der Waals surface area contributed by atoms with Crippen LogP contribution in [-0.4, -0.2) is 6.54 Å². The fraction of sp³-hybridized carbons (Fsp3) is 0.400. The zero-order valence-corrected chi connectivity index (χ0v) is 8.40. The summed E-state index contributed by atoms with van der Waals surface area (Å²) in [6.07, 6.45) is 4.19. The van der Waals surface area contributed by atoms with Crippen LogP contribution in [0.3, 0.4) is 0 Å². The van der Waals surface area contributed by atoms with E-state index in [2.05, 4.69) is 41.9 Å². The number of allylic oxidation sites excluding steroid dienone is 1. The molecule has 1 aromatic rings. The second-order valence-electron chi connectivity index (χ2n) is 2.71. The van der Waals surface area contributed by atoms with E-state index in [-0.39, 0.29) is 0 Å². The van der Waals surface area contributed by atoms with Gasteiger partial charge in [0.15, 0.2) is 0 Å². The fourth-order valence-electron chi connectivity index (χ4n) is 1.00. The maximum atomic E-state index is 3.41. The number of rotatable bonds is 4. The van der Waals surface area contributed by atoms with Crippen molar-refractivity contribution in [3.05, 3.63) is 34.5 Å². The third-order valence-electron chi connectivity index (χ3n) is 1.75. The summed E-state index contributed by atoms with van der Waals surface area (Å²) in [4.78, 5) is 1.40. The van der Waals surface area contributed by atoms with Crippen LogP contribution < -0.4 is 5.32 Å². The average Bonchev–Trinajstić information content (AvgIpc) is 2.56. The highest BCUT2D eigenvalue weighted by atomic mass is 32.1. The molecule has 1 N–H and O–H groups in total. The molecule has 66 valence electrons. The number of nitrogens with one attached hydrogen (secondary N) is 1. The first-order chi connectivity index (χ1) is 5.84. The lowest BCUT2D eigenvalue weighted by Crippen LogP contribution is -2.17. The highest BCUT2D eigenvalue weighted by Crippen LogP contribution is 2.17. The van der Waals surface area contributed by atoms with Gasteiger partial charge in [-0.05, 0) is 25.3 Å². The third-order valence-corrected chi connectivity index (χ3v) is 2.80. The molecule has 0 aliphatic rings. The Morgan fingerprint density at radius 2 is 2.50 bits per heavy atom. The van der Waals surface area contributed by atoms with Crippen LogP contribution in [-0.2, 0) is 0 Å². The Bertz CT molecular complexity index is 226. The van der Waals surface area contributed by atoms with Crippen molar-refractivity contribution in [2.75, 3.05) is 6.54 Å². The van der Waals surface area contributed by atoms with Gasteiger partial charge in [0.05, 0.1) is 0 Å². The summed E-state index contributed by atoms with van der Waals surface area (Å²) >= 11 is 1.80. The molecule has 0 unspecified atom stereocenters. The first kappa shape index (κ1) is 9.49. The van der Waals surface area contributed by atoms with Gasteiger partial charge < -0.3 is 5.32 Å². The van der Waals surface area contributed by atoms with Gasteiger partial charge in [-0.1, -0.05) is 18.2 Å². The van der Waals surface area contributed by atoms with Crippen molar-refractivity contribution < 1.29 is 0 Å². The maximum Gasteiger partial charge on any atom is 0.0388 e. The van der Waals surface area contributed by atoms with Gasteiger partial charge in [-0.3, -0.25) is 0 Å². The summed E-state index contributed by atoms with van der Waals surface area (Å²) in [6.45, 7) is 5.18. The summed E-state index contributed by atoms with van der Waals surface area (Å²) in [5, 5.41) is 5.52. The highest BCUT2D eigenvalue weighted by Gasteiger charge is 2.02. The molecule has 0 bridgehead atoms. The first-order valence-electron chi connectivity index (χ1n) is 4.22. The van der Waals surface area contributed by atoms with Crippen molar-refractivity contribution in [2.24, 2.45) is 0 Å². The van der Waals surface area contributed by atoms with Crippen LogP contribution in [0.2, 0.25) is 0 Å². The average molecular weight is 181 g/mol. The molecular weight excluding hydrogens is 166 g/mol. The third kappa shape index (κ3) is 2.80. The Morgan fingerprint density at radius 3 is 3.08 bits per heavy atom. The summed E-state index contributed by atoms with van der Waals surface area (Å²) in [5.74, 6) is 0. The van der Waals surface area contributed by atoms with E-state index in [1.807, 2.05) is 6.92 Å². The highest BCUT2D eigenvalue weighted by molar-refractivity contribution is 7.10. The Labute approximate surface area is 78.1 Å². The molecular formula is C10H15NS. The van der Waals surface area contributed by atoms with E-state index in [4.69, 9.17) is 0 Å². The molecule has 0 spiro atoms. The summed E-state index contributed by atoms with van der Waals surface area (Å²) < 4.78 is 0. The predicted molar refractivity (Wildman–Crippen MR) is 55.6 cm³/mol. The van der Waals surface area contributed by atoms with Gasteiger partial charge in [-0.2, -0.15) is 0 Å². The predicted octanol–water partition coefficient (Wildman–Crippen LogP) is 2.97. The maximum absolute atomic E-state index is 3.41. The van der Waals surface area contributed by atoms with Crippen molar-refractivity contribution in [3.8, 4) is 0 Å². The molecule has 1 nitrogen and oxygen atoms in total. The zero-order chi connectivity index (χ0) is 8.81. The monoisotopic (exact) mass is 181 g/mol. The molecule has 1 rings (SSSR count). The zero-order valence-electron chi connectivity index (χ0n) is 7.58. The SMILES string of the molecule is C/C=C/CN[C@H](C)c1cccs1. The standard InChI is InChI=1S/C10H15NS/c1-3-4-7-11-9(2)10-6-5-8-12-10/h3-6,8-9,11H,7H2,1-2H3/b4-3+/t9-/m1/s1. The molecule has 0 saturated heterocycles. The second kappa shape index (κ2) is 5.12. The lowest BCUT2D eigenvalue weighted by Gasteiger charge is -2.09. The van der Waals surface area contributed by atoms with Gasteiger partial charge in [-0.15, -0.1) is 11.3 Å². The summed E-state index contributed by atoms with van der Waals surface area (Å²) in [6, 6.07) is 4.73. The van der Waals surface area contributed by atoms with Crippen LogP contribution in [0.5, 0.6) is 0 Å². The van der Waals surface area contributed by atoms with E-state index >= 15 is 0 Å². The number of hydrogen-bond acceptors (Lipinski definition) is 2. The minimum Gasteiger partial charge on any atom is -0.306 e. The van der Waals surface area contributed by atoms with Gasteiger partial charge in [0, 0.05) is 17.5 Å². The van der Waals surface area contributed by atoms with Crippen LogP contribution in [0.25, 0.3) is 0 Å². The van der Waals surface area contributed by atoms with Crippen LogP contribution in [0.15, 0.2) is 29.7 Å². The topological polar surface area (TPSA) is 12.0 Å². The van der Waals surface area contributed by atoms with E-state index in [9.17, 15) is 0 Å². The molecule has 0 aromatic carbocycles. The van der Waals surface area contributed by atoms with Gasteiger partial charge in [-0.25, -0.2) is 0 Å². The lowest BCUT2D eigenvalue weighted by molar-refractivity contribution is 0.627. The molecule has 1 atom stereocenters. The van der Waals surface area contributed by atoms with Crippen molar-refractivity contribution in [2.45, 2.75) is 19.9 Å². The Balaban J connectivity index is 2.34. The van der Waals surface area contributed by atoms with Gasteiger partial charge in [0.2, 0.25) is 0 Å². The van der Waals surface area contributed by atoms with Crippen molar-refractivity contribution in [1.29, 1.82) is 0 Å². The molecule has 1 aromatic heterocycles. The molecule has 0 radical (unpaired) electrons. The molecule has 0 amide bonds. The van der Waals surface area contributed by atoms with Crippen molar-refractivity contribution in [1.82, 2.24) is 5.32 Å². The van der Waals surface area contributed by atoms with E-state index in [1.54, 1.807) is 11.3 Å². The Kier molecular flexibility index (Phi) is 4.05. The minimum atomic E-state index is 0.473. The summed E-state index contributed by atoms with van der Waals surface area (Å²) in [5.41, 5.74) is 0. The Hall–Kier alpha value is -0.600. The van der Waals surface area contributed by atoms with Crippen LogP contribution in [0.4, 0.5) is 0 Å². The molecule has 0 aliphatic carbocycles. The molecule has 12 heavy (non-hydrogen) atoms. The molecule has 0 aliphatic heterocycles. The second-order valence-corrected chi connectivity index (χ2v) is 3.69. The number of thiophene rings is 1. The molecule has 1 heterocycles. The van der Waals surface area contributed by atoms with E-state index in [0.29, 0.717) is 6.04 Å². The quantitative estimate of drug-likeness (QED) is 0.704. The molecule has 0 saturated carbocycles. The van der Waals surface area contributed by atoms with E-state index in [0.717, 1.165) is 6.54 Å². The van der Waals surface area contributed by atoms with E-state index < -0.39 is 0 Å². The first-order valence-corrected chi connectivity index (χ1v) is 5.10.